The molecular formula is C13H12N2O3. The summed E-state index contributed by atoms with van der Waals surface area (Å²) < 4.78 is 5.15. The summed E-state index contributed by atoms with van der Waals surface area (Å²) in [4.78, 5) is 23.9. The van der Waals surface area contributed by atoms with Gasteiger partial charge in [0, 0.05) is 19.0 Å². The van der Waals surface area contributed by atoms with Gasteiger partial charge in [-0.05, 0) is 30.7 Å². The van der Waals surface area contributed by atoms with Crippen LogP contribution >= 0.6 is 0 Å². The lowest BCUT2D eigenvalue weighted by molar-refractivity contribution is -0.110. The predicted octanol–water partition coefficient (Wildman–Crippen LogP) is 1.58. The van der Waals surface area contributed by atoms with Gasteiger partial charge in [-0.25, -0.2) is 4.79 Å². The smallest absolute Gasteiger partial charge is 0.410 e. The highest BCUT2D eigenvalue weighted by Crippen LogP contribution is 2.17. The van der Waals surface area contributed by atoms with Crippen molar-refractivity contribution < 1.29 is 14.3 Å². The number of likely N-dealkylation sites (tertiary alicyclic amines) is 1. The second-order valence-electron chi connectivity index (χ2n) is 4.14. The summed E-state index contributed by atoms with van der Waals surface area (Å²) in [5.74, 6) is 0.312. The highest BCUT2D eigenvalue weighted by molar-refractivity contribution is 5.72. The normalized spacial score (nSPS) is 18.2. The van der Waals surface area contributed by atoms with Gasteiger partial charge in [-0.3, -0.25) is 0 Å². The van der Waals surface area contributed by atoms with Crippen LogP contribution in [-0.4, -0.2) is 30.4 Å². The molecular weight excluding hydrogens is 232 g/mol. The first-order valence-electron chi connectivity index (χ1n) is 5.65. The summed E-state index contributed by atoms with van der Waals surface area (Å²) >= 11 is 0. The number of nitriles is 1. The zero-order chi connectivity index (χ0) is 13.0. The molecule has 0 N–H and O–H groups in total. The Hall–Kier alpha value is -2.35. The molecule has 0 spiro atoms. The molecule has 0 radical (unpaired) electrons. The van der Waals surface area contributed by atoms with E-state index in [1.165, 1.54) is 4.90 Å². The van der Waals surface area contributed by atoms with Crippen LogP contribution in [0.4, 0.5) is 4.79 Å². The number of rotatable bonds is 2. The summed E-state index contributed by atoms with van der Waals surface area (Å²) in [6.45, 7) is 0.955. The molecule has 1 atom stereocenters. The molecule has 0 saturated carbocycles. The van der Waals surface area contributed by atoms with Crippen LogP contribution in [0.3, 0.4) is 0 Å². The van der Waals surface area contributed by atoms with Crippen molar-refractivity contribution >= 4 is 12.4 Å². The van der Waals surface area contributed by atoms with Gasteiger partial charge in [0.25, 0.3) is 0 Å². The van der Waals surface area contributed by atoms with Crippen molar-refractivity contribution in [2.45, 2.75) is 6.42 Å². The lowest BCUT2D eigenvalue weighted by Gasteiger charge is -2.15. The standard InChI is InChI=1S/C13H12N2O3/c14-7-10-1-3-12(4-2-10)18-13(17)15-6-5-11(8-15)9-16/h1-4,9,11H,5-6,8H2. The summed E-state index contributed by atoms with van der Waals surface area (Å²) in [6.07, 6.45) is 1.10. The molecule has 1 unspecified atom stereocenters. The number of amides is 1. The molecule has 1 saturated heterocycles. The predicted molar refractivity (Wildman–Crippen MR) is 62.9 cm³/mol. The van der Waals surface area contributed by atoms with Crippen LogP contribution in [0.1, 0.15) is 12.0 Å². The zero-order valence-electron chi connectivity index (χ0n) is 9.70. The second-order valence-corrected chi connectivity index (χ2v) is 4.14. The van der Waals surface area contributed by atoms with Crippen LogP contribution in [0, 0.1) is 17.2 Å². The van der Waals surface area contributed by atoms with Gasteiger partial charge in [-0.1, -0.05) is 0 Å². The van der Waals surface area contributed by atoms with E-state index in [0.717, 1.165) is 6.29 Å². The van der Waals surface area contributed by atoms with E-state index in [9.17, 15) is 9.59 Å². The minimum Gasteiger partial charge on any atom is -0.410 e. The van der Waals surface area contributed by atoms with Gasteiger partial charge in [-0.15, -0.1) is 0 Å². The Bertz CT molecular complexity index is 490. The fourth-order valence-corrected chi connectivity index (χ4v) is 1.83. The molecule has 92 valence electrons. The number of hydrogen-bond donors (Lipinski definition) is 0. The van der Waals surface area contributed by atoms with Crippen molar-refractivity contribution in [1.29, 1.82) is 5.26 Å². The second kappa shape index (κ2) is 5.32. The van der Waals surface area contributed by atoms with Crippen molar-refractivity contribution in [3.63, 3.8) is 0 Å². The molecule has 0 aliphatic carbocycles. The summed E-state index contributed by atoms with van der Waals surface area (Å²) in [7, 11) is 0. The van der Waals surface area contributed by atoms with Gasteiger partial charge in [-0.2, -0.15) is 5.26 Å². The fourth-order valence-electron chi connectivity index (χ4n) is 1.83. The zero-order valence-corrected chi connectivity index (χ0v) is 9.70. The van der Waals surface area contributed by atoms with Gasteiger partial charge in [0.1, 0.15) is 12.0 Å². The van der Waals surface area contributed by atoms with Crippen molar-refractivity contribution in [3.8, 4) is 11.8 Å². The maximum Gasteiger partial charge on any atom is 0.415 e. The molecule has 18 heavy (non-hydrogen) atoms. The monoisotopic (exact) mass is 244 g/mol. The minimum absolute atomic E-state index is 0.0847. The van der Waals surface area contributed by atoms with E-state index in [-0.39, 0.29) is 5.92 Å². The number of ether oxygens (including phenoxy) is 1. The fraction of sp³-hybridized carbons (Fsp3) is 0.308. The van der Waals surface area contributed by atoms with Crippen molar-refractivity contribution in [1.82, 2.24) is 4.90 Å². The molecule has 1 aliphatic rings. The van der Waals surface area contributed by atoms with Crippen molar-refractivity contribution in [3.05, 3.63) is 29.8 Å². The Morgan fingerprint density at radius 3 is 2.72 bits per heavy atom. The molecule has 1 aromatic rings. The SMILES string of the molecule is N#Cc1ccc(OC(=O)N2CCC(C=O)C2)cc1. The molecule has 5 heteroatoms. The Kier molecular flexibility index (Phi) is 3.58. The average Bonchev–Trinajstić information content (AvgIpc) is 2.88. The molecule has 1 fully saturated rings. The van der Waals surface area contributed by atoms with Gasteiger partial charge in [0.2, 0.25) is 0 Å². The topological polar surface area (TPSA) is 70.4 Å². The van der Waals surface area contributed by atoms with Gasteiger partial charge in [0.15, 0.2) is 0 Å². The molecule has 0 aromatic heterocycles. The van der Waals surface area contributed by atoms with Gasteiger partial charge < -0.3 is 14.4 Å². The maximum absolute atomic E-state index is 11.8. The summed E-state index contributed by atoms with van der Waals surface area (Å²) in [5.41, 5.74) is 0.511. The third kappa shape index (κ3) is 2.66. The van der Waals surface area contributed by atoms with Crippen LogP contribution in [0.5, 0.6) is 5.75 Å². The first-order valence-corrected chi connectivity index (χ1v) is 5.65. The van der Waals surface area contributed by atoms with Crippen molar-refractivity contribution in [2.24, 2.45) is 5.92 Å². The minimum atomic E-state index is -0.455. The maximum atomic E-state index is 11.8. The third-order valence-corrected chi connectivity index (χ3v) is 2.86. The lowest BCUT2D eigenvalue weighted by Crippen LogP contribution is -2.31. The number of aldehydes is 1. The molecule has 1 amide bonds. The first-order chi connectivity index (χ1) is 8.72. The molecule has 0 bridgehead atoms. The quantitative estimate of drug-likeness (QED) is 0.740. The van der Waals surface area contributed by atoms with E-state index in [4.69, 9.17) is 10.00 Å². The van der Waals surface area contributed by atoms with Crippen LogP contribution in [0.2, 0.25) is 0 Å². The van der Waals surface area contributed by atoms with E-state index in [0.29, 0.717) is 30.8 Å². The first kappa shape index (κ1) is 12.1. The van der Waals surface area contributed by atoms with E-state index in [1.807, 2.05) is 6.07 Å². The average molecular weight is 244 g/mol. The van der Waals surface area contributed by atoms with Gasteiger partial charge in [0.05, 0.1) is 11.6 Å². The number of carbonyl (C=O) groups is 2. The van der Waals surface area contributed by atoms with E-state index < -0.39 is 6.09 Å². The number of hydrogen-bond acceptors (Lipinski definition) is 4. The van der Waals surface area contributed by atoms with Gasteiger partial charge >= 0.3 is 6.09 Å². The Morgan fingerprint density at radius 2 is 2.17 bits per heavy atom. The van der Waals surface area contributed by atoms with E-state index in [2.05, 4.69) is 0 Å². The van der Waals surface area contributed by atoms with Crippen LogP contribution in [-0.2, 0) is 4.79 Å². The molecule has 1 heterocycles. The largest absolute Gasteiger partial charge is 0.415 e. The Balaban J connectivity index is 1.95. The van der Waals surface area contributed by atoms with Crippen LogP contribution in [0.25, 0.3) is 0 Å². The molecule has 2 rings (SSSR count). The van der Waals surface area contributed by atoms with E-state index in [1.54, 1.807) is 24.3 Å². The third-order valence-electron chi connectivity index (χ3n) is 2.86. The van der Waals surface area contributed by atoms with Crippen molar-refractivity contribution in [2.75, 3.05) is 13.1 Å². The Labute approximate surface area is 105 Å². The highest BCUT2D eigenvalue weighted by Gasteiger charge is 2.27. The summed E-state index contributed by atoms with van der Waals surface area (Å²) in [6, 6.07) is 8.30. The molecule has 1 aliphatic heterocycles. The Morgan fingerprint density at radius 1 is 1.44 bits per heavy atom. The van der Waals surface area contributed by atoms with Crippen LogP contribution < -0.4 is 4.74 Å². The highest BCUT2D eigenvalue weighted by atomic mass is 16.6. The number of nitrogens with zero attached hydrogens (tertiary/aromatic N) is 2. The summed E-state index contributed by atoms with van der Waals surface area (Å²) in [5, 5.41) is 8.64. The van der Waals surface area contributed by atoms with Crippen LogP contribution in [0.15, 0.2) is 24.3 Å². The lowest BCUT2D eigenvalue weighted by atomic mass is 10.1. The molecule has 1 aromatic carbocycles. The molecule has 5 nitrogen and oxygen atoms in total. The number of carbonyl (C=O) groups excluding carboxylic acids is 2. The number of benzene rings is 1. The van der Waals surface area contributed by atoms with E-state index >= 15 is 0 Å².